The lowest BCUT2D eigenvalue weighted by Gasteiger charge is -2.29. The van der Waals surface area contributed by atoms with Crippen molar-refractivity contribution in [3.05, 3.63) is 16.1 Å². The molecular formula is C12H22N2OS. The molecule has 4 heteroatoms. The highest BCUT2D eigenvalue weighted by Gasteiger charge is 2.26. The van der Waals surface area contributed by atoms with Gasteiger partial charge in [-0.3, -0.25) is 0 Å². The largest absolute Gasteiger partial charge is 0.383 e. The summed E-state index contributed by atoms with van der Waals surface area (Å²) in [4.78, 5) is 4.55. The number of rotatable bonds is 6. The first-order valence-corrected chi connectivity index (χ1v) is 6.56. The zero-order valence-corrected chi connectivity index (χ0v) is 11.6. The van der Waals surface area contributed by atoms with Crippen LogP contribution in [0.5, 0.6) is 0 Å². The lowest BCUT2D eigenvalue weighted by molar-refractivity contribution is 0.147. The molecule has 0 fully saturated rings. The minimum atomic E-state index is -0.0852. The van der Waals surface area contributed by atoms with E-state index in [1.54, 1.807) is 18.4 Å². The fourth-order valence-corrected chi connectivity index (χ4v) is 2.56. The first-order chi connectivity index (χ1) is 7.49. The van der Waals surface area contributed by atoms with Gasteiger partial charge >= 0.3 is 0 Å². The summed E-state index contributed by atoms with van der Waals surface area (Å²) >= 11 is 1.71. The molecule has 0 saturated carbocycles. The van der Waals surface area contributed by atoms with Gasteiger partial charge in [-0.15, -0.1) is 11.3 Å². The first-order valence-electron chi connectivity index (χ1n) is 5.68. The van der Waals surface area contributed by atoms with E-state index in [0.717, 1.165) is 23.7 Å². The first kappa shape index (κ1) is 13.6. The van der Waals surface area contributed by atoms with Crippen LogP contribution in [-0.4, -0.2) is 24.7 Å². The van der Waals surface area contributed by atoms with Gasteiger partial charge in [0.05, 0.1) is 12.1 Å². The van der Waals surface area contributed by atoms with Crippen LogP contribution in [0.25, 0.3) is 0 Å². The molecule has 0 aliphatic heterocycles. The van der Waals surface area contributed by atoms with Crippen LogP contribution in [0.4, 0.5) is 0 Å². The van der Waals surface area contributed by atoms with E-state index >= 15 is 0 Å². The molecule has 0 aliphatic rings. The van der Waals surface area contributed by atoms with Crippen LogP contribution >= 0.6 is 11.3 Å². The lowest BCUT2D eigenvalue weighted by atomic mass is 10.0. The van der Waals surface area contributed by atoms with Crippen molar-refractivity contribution in [2.45, 2.75) is 45.7 Å². The number of nitrogens with one attached hydrogen (secondary N) is 1. The molecule has 0 aliphatic carbocycles. The van der Waals surface area contributed by atoms with Gasteiger partial charge < -0.3 is 10.1 Å². The molecule has 0 amide bonds. The van der Waals surface area contributed by atoms with Crippen LogP contribution < -0.4 is 5.32 Å². The Morgan fingerprint density at radius 2 is 2.25 bits per heavy atom. The summed E-state index contributed by atoms with van der Waals surface area (Å²) in [5.74, 6) is 0. The van der Waals surface area contributed by atoms with Gasteiger partial charge in [0.2, 0.25) is 0 Å². The molecule has 1 N–H and O–H groups in total. The summed E-state index contributed by atoms with van der Waals surface area (Å²) in [5.41, 5.74) is 1.01. The second kappa shape index (κ2) is 5.75. The number of thiazole rings is 1. The van der Waals surface area contributed by atoms with E-state index in [0.29, 0.717) is 6.04 Å². The highest BCUT2D eigenvalue weighted by atomic mass is 32.1. The van der Waals surface area contributed by atoms with Crippen LogP contribution in [0.15, 0.2) is 5.38 Å². The van der Waals surface area contributed by atoms with Gasteiger partial charge in [-0.25, -0.2) is 4.98 Å². The molecule has 1 atom stereocenters. The van der Waals surface area contributed by atoms with Crippen molar-refractivity contribution in [3.63, 3.8) is 0 Å². The number of ether oxygens (including phenoxy) is 1. The molecule has 0 saturated heterocycles. The Kier molecular flexibility index (Phi) is 4.89. The summed E-state index contributed by atoms with van der Waals surface area (Å²) in [6, 6.07) is 0.379. The maximum absolute atomic E-state index is 5.20. The molecule has 1 unspecified atom stereocenters. The summed E-state index contributed by atoms with van der Waals surface area (Å²) in [5, 5.41) is 6.83. The van der Waals surface area contributed by atoms with Gasteiger partial charge in [-0.05, 0) is 27.2 Å². The second-order valence-electron chi connectivity index (χ2n) is 4.62. The number of hydrogen-bond acceptors (Lipinski definition) is 4. The van der Waals surface area contributed by atoms with E-state index < -0.39 is 0 Å². The molecule has 1 aromatic rings. The third kappa shape index (κ3) is 3.54. The van der Waals surface area contributed by atoms with Crippen molar-refractivity contribution in [1.82, 2.24) is 10.3 Å². The van der Waals surface area contributed by atoms with Crippen molar-refractivity contribution >= 4 is 11.3 Å². The molecule has 92 valence electrons. The molecule has 0 spiro atoms. The average Bonchev–Trinajstić information content (AvgIpc) is 2.64. The zero-order chi connectivity index (χ0) is 12.2. The fourth-order valence-electron chi connectivity index (χ4n) is 1.68. The third-order valence-corrected chi connectivity index (χ3v) is 3.86. The fraction of sp³-hybridized carbons (Fsp3) is 0.750. The van der Waals surface area contributed by atoms with E-state index in [9.17, 15) is 0 Å². The SMILES string of the molecule is CCC(COC)NC(C)(C)c1nc(C)cs1. The van der Waals surface area contributed by atoms with Crippen molar-refractivity contribution in [1.29, 1.82) is 0 Å². The molecule has 0 radical (unpaired) electrons. The Morgan fingerprint density at radius 1 is 1.56 bits per heavy atom. The van der Waals surface area contributed by atoms with Crippen LogP contribution in [0.2, 0.25) is 0 Å². The van der Waals surface area contributed by atoms with Gasteiger partial charge in [0.15, 0.2) is 0 Å². The van der Waals surface area contributed by atoms with Crippen LogP contribution in [0.1, 0.15) is 37.9 Å². The van der Waals surface area contributed by atoms with Gasteiger partial charge in [0.25, 0.3) is 0 Å². The normalized spacial score (nSPS) is 14.1. The number of aromatic nitrogens is 1. The summed E-state index contributed by atoms with van der Waals surface area (Å²) < 4.78 is 5.20. The molecule has 0 aromatic carbocycles. The summed E-state index contributed by atoms with van der Waals surface area (Å²) in [6.45, 7) is 9.28. The summed E-state index contributed by atoms with van der Waals surface area (Å²) in [7, 11) is 1.74. The molecule has 1 aromatic heterocycles. The van der Waals surface area contributed by atoms with Crippen molar-refractivity contribution in [3.8, 4) is 0 Å². The Hall–Kier alpha value is -0.450. The topological polar surface area (TPSA) is 34.1 Å². The van der Waals surface area contributed by atoms with Crippen LogP contribution in [0.3, 0.4) is 0 Å². The van der Waals surface area contributed by atoms with E-state index in [4.69, 9.17) is 4.74 Å². The predicted molar refractivity (Wildman–Crippen MR) is 69.0 cm³/mol. The number of aryl methyl sites for hydroxylation is 1. The number of hydrogen-bond donors (Lipinski definition) is 1. The van der Waals surface area contributed by atoms with Crippen LogP contribution in [0, 0.1) is 6.92 Å². The Labute approximate surface area is 102 Å². The summed E-state index contributed by atoms with van der Waals surface area (Å²) in [6.07, 6.45) is 1.06. The number of nitrogens with zero attached hydrogens (tertiary/aromatic N) is 1. The van der Waals surface area contributed by atoms with Gasteiger partial charge in [-0.1, -0.05) is 6.92 Å². The van der Waals surface area contributed by atoms with Gasteiger partial charge in [-0.2, -0.15) is 0 Å². The maximum atomic E-state index is 5.20. The lowest BCUT2D eigenvalue weighted by Crippen LogP contribution is -2.45. The standard InChI is InChI=1S/C12H22N2OS/c1-6-10(7-15-5)14-12(3,4)11-13-9(2)8-16-11/h8,10,14H,6-7H2,1-5H3. The Morgan fingerprint density at radius 3 is 2.69 bits per heavy atom. The second-order valence-corrected chi connectivity index (χ2v) is 5.48. The molecule has 0 bridgehead atoms. The van der Waals surface area contributed by atoms with Crippen molar-refractivity contribution < 1.29 is 4.74 Å². The number of methoxy groups -OCH3 is 1. The molecule has 3 nitrogen and oxygen atoms in total. The minimum absolute atomic E-state index is 0.0852. The third-order valence-electron chi connectivity index (χ3n) is 2.58. The van der Waals surface area contributed by atoms with Crippen molar-refractivity contribution in [2.24, 2.45) is 0 Å². The van der Waals surface area contributed by atoms with Crippen LogP contribution in [-0.2, 0) is 10.3 Å². The van der Waals surface area contributed by atoms with E-state index in [1.807, 2.05) is 6.92 Å². The average molecular weight is 242 g/mol. The Bertz CT molecular complexity index is 323. The van der Waals surface area contributed by atoms with E-state index in [2.05, 4.69) is 36.5 Å². The Balaban J connectivity index is 2.69. The smallest absolute Gasteiger partial charge is 0.112 e. The quantitative estimate of drug-likeness (QED) is 0.833. The van der Waals surface area contributed by atoms with E-state index in [1.165, 1.54) is 0 Å². The zero-order valence-electron chi connectivity index (χ0n) is 10.8. The van der Waals surface area contributed by atoms with Crippen molar-refractivity contribution in [2.75, 3.05) is 13.7 Å². The van der Waals surface area contributed by atoms with Gasteiger partial charge in [0.1, 0.15) is 5.01 Å². The molecule has 16 heavy (non-hydrogen) atoms. The highest BCUT2D eigenvalue weighted by molar-refractivity contribution is 7.09. The monoisotopic (exact) mass is 242 g/mol. The molecule has 1 rings (SSSR count). The van der Waals surface area contributed by atoms with E-state index in [-0.39, 0.29) is 5.54 Å². The van der Waals surface area contributed by atoms with Gasteiger partial charge in [0, 0.05) is 24.2 Å². The highest BCUT2D eigenvalue weighted by Crippen LogP contribution is 2.24. The molecular weight excluding hydrogens is 220 g/mol. The maximum Gasteiger partial charge on any atom is 0.112 e. The predicted octanol–water partition coefficient (Wildman–Crippen LogP) is 2.70. The minimum Gasteiger partial charge on any atom is -0.383 e. The molecule has 1 heterocycles.